The summed E-state index contributed by atoms with van der Waals surface area (Å²) >= 11 is 1.44. The van der Waals surface area contributed by atoms with Gasteiger partial charge in [-0.3, -0.25) is 9.59 Å². The minimum Gasteiger partial charge on any atom is -0.493 e. The molecule has 0 spiro atoms. The quantitative estimate of drug-likeness (QED) is 0.339. The van der Waals surface area contributed by atoms with Crippen LogP contribution in [-0.4, -0.2) is 22.1 Å². The number of aromatic nitrogens is 2. The molecule has 0 aliphatic carbocycles. The molecule has 7 nitrogen and oxygen atoms in total. The summed E-state index contributed by atoms with van der Waals surface area (Å²) in [6.45, 7) is 3.95. The van der Waals surface area contributed by atoms with E-state index in [0.717, 1.165) is 22.0 Å². The first-order chi connectivity index (χ1) is 17.2. The maximum Gasteiger partial charge on any atom is 0.254 e. The van der Waals surface area contributed by atoms with E-state index in [1.54, 1.807) is 44.6 Å². The molecular weight excluding hydrogens is 488 g/mol. The normalized spacial score (nSPS) is 10.8. The van der Waals surface area contributed by atoms with Gasteiger partial charge in [-0.05, 0) is 44.2 Å². The number of anilines is 1. The van der Waals surface area contributed by atoms with Gasteiger partial charge in [0.15, 0.2) is 11.6 Å². The number of rotatable bonds is 8. The van der Waals surface area contributed by atoms with Crippen LogP contribution in [0.4, 0.5) is 14.5 Å². The van der Waals surface area contributed by atoms with Gasteiger partial charge in [-0.15, -0.1) is 11.3 Å². The molecular formula is C26H23F2N3O4S. The molecule has 186 valence electrons. The number of ether oxygens (including phenoxy) is 2. The number of amides is 1. The first-order valence-electron chi connectivity index (χ1n) is 11.1. The Hall–Kier alpha value is -4.05. The number of pyridine rings is 1. The molecule has 2 aromatic carbocycles. The lowest BCUT2D eigenvalue weighted by Crippen LogP contribution is -2.16. The number of thiazole rings is 1. The summed E-state index contributed by atoms with van der Waals surface area (Å²) in [5, 5.41) is 3.72. The molecule has 0 saturated carbocycles. The Balaban J connectivity index is 1.75. The molecule has 0 bridgehead atoms. The van der Waals surface area contributed by atoms with Crippen LogP contribution in [0.25, 0.3) is 11.1 Å². The summed E-state index contributed by atoms with van der Waals surface area (Å²) in [5.41, 5.74) is 1.10. The Bertz CT molecular complexity index is 1480. The predicted molar refractivity (Wildman–Crippen MR) is 134 cm³/mol. The van der Waals surface area contributed by atoms with Crippen LogP contribution >= 0.6 is 11.3 Å². The van der Waals surface area contributed by atoms with Crippen molar-refractivity contribution in [3.05, 3.63) is 86.7 Å². The van der Waals surface area contributed by atoms with Crippen LogP contribution in [0.15, 0.2) is 59.7 Å². The molecule has 0 radical (unpaired) electrons. The third kappa shape index (κ3) is 5.77. The van der Waals surface area contributed by atoms with E-state index in [4.69, 9.17) is 9.47 Å². The minimum atomic E-state index is -0.872. The highest BCUT2D eigenvalue weighted by Crippen LogP contribution is 2.40. The SMILES string of the molecule is CCOc1cc(=O)n(C)cc1-c1cc(NC(=O)Cc2cnc(C)s2)ccc1Oc1ccc(F)cc1F. The molecule has 0 unspecified atom stereocenters. The zero-order valence-corrected chi connectivity index (χ0v) is 20.6. The topological polar surface area (TPSA) is 82.5 Å². The lowest BCUT2D eigenvalue weighted by Gasteiger charge is -2.17. The lowest BCUT2D eigenvalue weighted by molar-refractivity contribution is -0.115. The molecule has 0 atom stereocenters. The van der Waals surface area contributed by atoms with Crippen LogP contribution in [0, 0.1) is 18.6 Å². The van der Waals surface area contributed by atoms with Gasteiger partial charge >= 0.3 is 0 Å². The van der Waals surface area contributed by atoms with Crippen LogP contribution < -0.4 is 20.3 Å². The zero-order valence-electron chi connectivity index (χ0n) is 19.8. The van der Waals surface area contributed by atoms with Gasteiger partial charge in [-0.1, -0.05) is 0 Å². The Labute approximate surface area is 210 Å². The van der Waals surface area contributed by atoms with E-state index in [9.17, 15) is 18.4 Å². The van der Waals surface area contributed by atoms with E-state index in [-0.39, 0.29) is 29.4 Å². The summed E-state index contributed by atoms with van der Waals surface area (Å²) in [5.74, 6) is -1.51. The fourth-order valence-corrected chi connectivity index (χ4v) is 4.32. The van der Waals surface area contributed by atoms with Crippen LogP contribution in [0.2, 0.25) is 0 Å². The van der Waals surface area contributed by atoms with Gasteiger partial charge in [0.25, 0.3) is 5.56 Å². The number of halogens is 2. The summed E-state index contributed by atoms with van der Waals surface area (Å²) in [6, 6.07) is 9.16. The largest absolute Gasteiger partial charge is 0.493 e. The molecule has 0 fully saturated rings. The van der Waals surface area contributed by atoms with Crippen molar-refractivity contribution < 1.29 is 23.0 Å². The van der Waals surface area contributed by atoms with Gasteiger partial charge in [0.05, 0.1) is 18.0 Å². The van der Waals surface area contributed by atoms with Gasteiger partial charge in [0, 0.05) is 53.3 Å². The molecule has 0 saturated heterocycles. The summed E-state index contributed by atoms with van der Waals surface area (Å²) in [7, 11) is 1.59. The van der Waals surface area contributed by atoms with Crippen molar-refractivity contribution >= 4 is 22.9 Å². The van der Waals surface area contributed by atoms with Gasteiger partial charge in [0.2, 0.25) is 5.91 Å². The van der Waals surface area contributed by atoms with Crippen LogP contribution in [-0.2, 0) is 18.3 Å². The second-order valence-corrected chi connectivity index (χ2v) is 9.21. The number of nitrogens with one attached hydrogen (secondary N) is 1. The van der Waals surface area contributed by atoms with Gasteiger partial charge < -0.3 is 19.4 Å². The smallest absolute Gasteiger partial charge is 0.254 e. The average Bonchev–Trinajstić information content (AvgIpc) is 3.23. The second kappa shape index (κ2) is 10.7. The third-order valence-electron chi connectivity index (χ3n) is 5.16. The number of hydrogen-bond acceptors (Lipinski definition) is 6. The summed E-state index contributed by atoms with van der Waals surface area (Å²) in [4.78, 5) is 29.9. The Kier molecular flexibility index (Phi) is 7.44. The second-order valence-electron chi connectivity index (χ2n) is 7.89. The molecule has 2 aromatic heterocycles. The number of hydrogen-bond donors (Lipinski definition) is 1. The fraction of sp³-hybridized carbons (Fsp3) is 0.192. The van der Waals surface area contributed by atoms with Crippen LogP contribution in [0.1, 0.15) is 16.8 Å². The van der Waals surface area contributed by atoms with Crippen molar-refractivity contribution in [2.45, 2.75) is 20.3 Å². The van der Waals surface area contributed by atoms with Crippen molar-refractivity contribution in [3.63, 3.8) is 0 Å². The maximum absolute atomic E-state index is 14.4. The van der Waals surface area contributed by atoms with Crippen molar-refractivity contribution in [3.8, 4) is 28.4 Å². The third-order valence-corrected chi connectivity index (χ3v) is 6.07. The fourth-order valence-electron chi connectivity index (χ4n) is 3.52. The Morgan fingerprint density at radius 1 is 1.08 bits per heavy atom. The molecule has 0 aliphatic heterocycles. The molecule has 4 rings (SSSR count). The van der Waals surface area contributed by atoms with Crippen molar-refractivity contribution in [1.82, 2.24) is 9.55 Å². The predicted octanol–water partition coefficient (Wildman–Crippen LogP) is 5.47. The number of nitrogens with zero attached hydrogens (tertiary/aromatic N) is 2. The lowest BCUT2D eigenvalue weighted by atomic mass is 10.0. The van der Waals surface area contributed by atoms with E-state index >= 15 is 0 Å². The average molecular weight is 512 g/mol. The standard InChI is InChI=1S/C26H23F2N3O4S/c1-4-34-24-12-26(33)31(3)14-20(24)19-10-17(30-25(32)11-18-13-29-15(2)36-18)6-8-22(19)35-23-7-5-16(27)9-21(23)28/h5-10,12-14H,4,11H2,1-3H3,(H,30,32). The molecule has 4 aromatic rings. The number of carbonyl (C=O) groups excluding carboxylic acids is 1. The highest BCUT2D eigenvalue weighted by molar-refractivity contribution is 7.11. The molecule has 2 heterocycles. The first kappa shape index (κ1) is 25.1. The minimum absolute atomic E-state index is 0.157. The highest BCUT2D eigenvalue weighted by atomic mass is 32.1. The van der Waals surface area contributed by atoms with Crippen molar-refractivity contribution in [2.75, 3.05) is 11.9 Å². The number of carbonyl (C=O) groups is 1. The van der Waals surface area contributed by atoms with Crippen molar-refractivity contribution in [1.29, 1.82) is 0 Å². The molecule has 0 aliphatic rings. The van der Waals surface area contributed by atoms with Crippen molar-refractivity contribution in [2.24, 2.45) is 7.05 Å². The van der Waals surface area contributed by atoms with Gasteiger partial charge in [-0.2, -0.15) is 0 Å². The highest BCUT2D eigenvalue weighted by Gasteiger charge is 2.18. The summed E-state index contributed by atoms with van der Waals surface area (Å²) < 4.78 is 40.6. The molecule has 1 N–H and O–H groups in total. The van der Waals surface area contributed by atoms with E-state index in [0.29, 0.717) is 29.2 Å². The molecule has 10 heteroatoms. The van der Waals surface area contributed by atoms with E-state index in [2.05, 4.69) is 10.3 Å². The van der Waals surface area contributed by atoms with E-state index < -0.39 is 11.6 Å². The van der Waals surface area contributed by atoms with E-state index in [1.807, 2.05) is 6.92 Å². The molecule has 36 heavy (non-hydrogen) atoms. The first-order valence-corrected chi connectivity index (χ1v) is 11.9. The summed E-state index contributed by atoms with van der Waals surface area (Å²) in [6.07, 6.45) is 3.39. The zero-order chi connectivity index (χ0) is 25.8. The number of benzene rings is 2. The van der Waals surface area contributed by atoms with Crippen LogP contribution in [0.5, 0.6) is 17.2 Å². The van der Waals surface area contributed by atoms with Crippen LogP contribution in [0.3, 0.4) is 0 Å². The maximum atomic E-state index is 14.4. The van der Waals surface area contributed by atoms with Gasteiger partial charge in [-0.25, -0.2) is 13.8 Å². The van der Waals surface area contributed by atoms with Gasteiger partial charge in [0.1, 0.15) is 17.3 Å². The Morgan fingerprint density at radius 2 is 1.86 bits per heavy atom. The monoisotopic (exact) mass is 511 g/mol. The Morgan fingerprint density at radius 3 is 2.56 bits per heavy atom. The molecule has 1 amide bonds. The van der Waals surface area contributed by atoms with E-state index in [1.165, 1.54) is 28.0 Å². The number of aryl methyl sites for hydroxylation is 2.